The predicted molar refractivity (Wildman–Crippen MR) is 164 cm³/mol. The van der Waals surface area contributed by atoms with Crippen molar-refractivity contribution in [2.24, 2.45) is 0 Å². The van der Waals surface area contributed by atoms with Crippen LogP contribution in [-0.4, -0.2) is 69.3 Å². The largest absolute Gasteiger partial charge is 0.488 e. The van der Waals surface area contributed by atoms with Gasteiger partial charge in [-0.2, -0.15) is 0 Å². The van der Waals surface area contributed by atoms with Crippen LogP contribution in [0.3, 0.4) is 0 Å². The SMILES string of the molecule is C=CCN(c1ccc(-c2nnc(-c3cc(F)c(OCC4COC(C)(C)N4C(=O)OC(C)(C)C)cc3Cl)s2)cn1)C(C)C. The third-order valence-electron chi connectivity index (χ3n) is 6.51. The van der Waals surface area contributed by atoms with Crippen molar-refractivity contribution in [3.63, 3.8) is 0 Å². The second-order valence-corrected chi connectivity index (χ2v) is 13.1. The Balaban J connectivity index is 1.48. The van der Waals surface area contributed by atoms with Crippen LogP contribution in [0.1, 0.15) is 48.5 Å². The van der Waals surface area contributed by atoms with Crippen LogP contribution in [0.25, 0.3) is 21.1 Å². The van der Waals surface area contributed by atoms with Crippen molar-refractivity contribution >= 4 is 34.8 Å². The molecule has 1 saturated heterocycles. The number of hydrogen-bond donors (Lipinski definition) is 0. The fourth-order valence-corrected chi connectivity index (χ4v) is 5.68. The summed E-state index contributed by atoms with van der Waals surface area (Å²) in [5, 5.41) is 9.87. The van der Waals surface area contributed by atoms with Crippen LogP contribution < -0.4 is 9.64 Å². The van der Waals surface area contributed by atoms with Crippen molar-refractivity contribution in [1.29, 1.82) is 0 Å². The topological polar surface area (TPSA) is 89.9 Å². The molecule has 12 heteroatoms. The molecule has 4 rings (SSSR count). The first-order valence-electron chi connectivity index (χ1n) is 13.7. The number of halogens is 2. The summed E-state index contributed by atoms with van der Waals surface area (Å²) < 4.78 is 32.4. The summed E-state index contributed by atoms with van der Waals surface area (Å²) >= 11 is 7.84. The van der Waals surface area contributed by atoms with Crippen molar-refractivity contribution < 1.29 is 23.4 Å². The fraction of sp³-hybridized carbons (Fsp3) is 0.467. The van der Waals surface area contributed by atoms with Crippen molar-refractivity contribution in [3.05, 3.63) is 54.0 Å². The maximum absolute atomic E-state index is 15.2. The number of amides is 1. The number of hydrogen-bond acceptors (Lipinski definition) is 9. The summed E-state index contributed by atoms with van der Waals surface area (Å²) in [6.45, 7) is 17.8. The molecule has 1 fully saturated rings. The minimum atomic E-state index is -0.902. The molecule has 0 aliphatic carbocycles. The monoisotopic (exact) mass is 617 g/mol. The van der Waals surface area contributed by atoms with Crippen LogP contribution in [-0.2, 0) is 9.47 Å². The molecule has 1 aromatic carbocycles. The van der Waals surface area contributed by atoms with Gasteiger partial charge in [-0.15, -0.1) is 16.8 Å². The Kier molecular flexibility index (Phi) is 9.44. The Morgan fingerprint density at radius 1 is 1.31 bits per heavy atom. The molecule has 0 spiro atoms. The maximum atomic E-state index is 15.2. The van der Waals surface area contributed by atoms with Gasteiger partial charge in [0, 0.05) is 36.0 Å². The average Bonchev–Trinajstić information content (AvgIpc) is 3.50. The zero-order valence-corrected chi connectivity index (χ0v) is 26.6. The summed E-state index contributed by atoms with van der Waals surface area (Å²) in [5.41, 5.74) is -0.395. The van der Waals surface area contributed by atoms with E-state index in [-0.39, 0.29) is 30.0 Å². The van der Waals surface area contributed by atoms with Gasteiger partial charge in [0.1, 0.15) is 33.8 Å². The second-order valence-electron chi connectivity index (χ2n) is 11.7. The highest BCUT2D eigenvalue weighted by Gasteiger charge is 2.46. The van der Waals surface area contributed by atoms with Gasteiger partial charge in [-0.25, -0.2) is 14.2 Å². The highest BCUT2D eigenvalue weighted by Crippen LogP contribution is 2.38. The first-order chi connectivity index (χ1) is 19.7. The Morgan fingerprint density at radius 3 is 2.64 bits per heavy atom. The van der Waals surface area contributed by atoms with Crippen LogP contribution in [0, 0.1) is 5.82 Å². The summed E-state index contributed by atoms with van der Waals surface area (Å²) in [6.07, 6.45) is 3.05. The lowest BCUT2D eigenvalue weighted by atomic mass is 10.2. The predicted octanol–water partition coefficient (Wildman–Crippen LogP) is 7.21. The number of benzene rings is 1. The highest BCUT2D eigenvalue weighted by atomic mass is 35.5. The van der Waals surface area contributed by atoms with Crippen molar-refractivity contribution in [3.8, 4) is 26.9 Å². The number of ether oxygens (including phenoxy) is 3. The molecule has 1 amide bonds. The fourth-order valence-electron chi connectivity index (χ4n) is 4.51. The Bertz CT molecular complexity index is 1420. The van der Waals surface area contributed by atoms with Gasteiger partial charge in [0.25, 0.3) is 0 Å². The van der Waals surface area contributed by atoms with E-state index in [0.717, 1.165) is 11.4 Å². The molecule has 226 valence electrons. The van der Waals surface area contributed by atoms with Gasteiger partial charge < -0.3 is 19.1 Å². The van der Waals surface area contributed by atoms with E-state index in [9.17, 15) is 4.79 Å². The van der Waals surface area contributed by atoms with Crippen molar-refractivity contribution in [2.75, 3.05) is 24.7 Å². The molecule has 3 heterocycles. The summed E-state index contributed by atoms with van der Waals surface area (Å²) in [5.74, 6) is 0.174. The number of carbonyl (C=O) groups is 1. The molecular formula is C30H37ClFN5O4S. The minimum Gasteiger partial charge on any atom is -0.488 e. The van der Waals surface area contributed by atoms with Crippen LogP contribution >= 0.6 is 22.9 Å². The molecule has 0 radical (unpaired) electrons. The van der Waals surface area contributed by atoms with Crippen LogP contribution in [0.2, 0.25) is 5.02 Å². The number of rotatable bonds is 9. The summed E-state index contributed by atoms with van der Waals surface area (Å²) in [4.78, 5) is 21.1. The molecule has 1 atom stereocenters. The molecule has 1 unspecified atom stereocenters. The van der Waals surface area contributed by atoms with E-state index in [1.807, 2.05) is 18.2 Å². The Morgan fingerprint density at radius 2 is 2.02 bits per heavy atom. The smallest absolute Gasteiger partial charge is 0.413 e. The molecule has 0 N–H and O–H groups in total. The number of aromatic nitrogens is 3. The highest BCUT2D eigenvalue weighted by molar-refractivity contribution is 7.18. The minimum absolute atomic E-state index is 0.0117. The molecule has 0 saturated carbocycles. The van der Waals surface area contributed by atoms with E-state index in [2.05, 4.69) is 40.5 Å². The maximum Gasteiger partial charge on any atom is 0.413 e. The van der Waals surface area contributed by atoms with Crippen LogP contribution in [0.5, 0.6) is 5.75 Å². The lowest BCUT2D eigenvalue weighted by molar-refractivity contribution is -0.0637. The van der Waals surface area contributed by atoms with Crippen LogP contribution in [0.4, 0.5) is 15.0 Å². The lowest BCUT2D eigenvalue weighted by Gasteiger charge is -2.35. The number of carbonyl (C=O) groups excluding carboxylic acids is 1. The molecule has 3 aromatic rings. The standard InChI is InChI=1S/C30H37ClFN5O4S/c1-9-12-36(18(2)3)25-11-10-19(15-33-25)26-34-35-27(42-26)21-13-23(32)24(14-22(21)31)39-16-20-17-40-30(7,8)37(20)28(38)41-29(4,5)6/h9-11,13-15,18,20H,1,12,16-17H2,2-8H3. The van der Waals surface area contributed by atoms with Crippen LogP contribution in [0.15, 0.2) is 43.1 Å². The third kappa shape index (κ3) is 7.19. The lowest BCUT2D eigenvalue weighted by Crippen LogP contribution is -2.51. The first-order valence-corrected chi connectivity index (χ1v) is 14.9. The van der Waals surface area contributed by atoms with Gasteiger partial charge >= 0.3 is 6.09 Å². The number of nitrogens with zero attached hydrogens (tertiary/aromatic N) is 5. The normalized spacial score (nSPS) is 16.5. The summed E-state index contributed by atoms with van der Waals surface area (Å²) in [7, 11) is 0. The zero-order chi connectivity index (χ0) is 30.8. The molecule has 0 bridgehead atoms. The van der Waals surface area contributed by atoms with Gasteiger partial charge in [0.15, 0.2) is 11.6 Å². The van der Waals surface area contributed by atoms with Gasteiger partial charge in [-0.1, -0.05) is 29.0 Å². The van der Waals surface area contributed by atoms with E-state index in [0.29, 0.717) is 22.1 Å². The molecule has 9 nitrogen and oxygen atoms in total. The van der Waals surface area contributed by atoms with E-state index in [4.69, 9.17) is 25.8 Å². The third-order valence-corrected chi connectivity index (χ3v) is 7.83. The molecule has 1 aliphatic rings. The van der Waals surface area contributed by atoms with E-state index >= 15 is 4.39 Å². The van der Waals surface area contributed by atoms with Gasteiger partial charge in [0.05, 0.1) is 17.7 Å². The molecule has 42 heavy (non-hydrogen) atoms. The van der Waals surface area contributed by atoms with Gasteiger partial charge in [-0.05, 0) is 66.7 Å². The number of anilines is 1. The van der Waals surface area contributed by atoms with Crippen molar-refractivity contribution in [1.82, 2.24) is 20.1 Å². The Hall–Kier alpha value is -3.28. The van der Waals surface area contributed by atoms with Gasteiger partial charge in [-0.3, -0.25) is 4.90 Å². The van der Waals surface area contributed by atoms with E-state index in [1.165, 1.54) is 28.4 Å². The molecule has 2 aromatic heterocycles. The number of pyridine rings is 1. The molecular weight excluding hydrogens is 581 g/mol. The van der Waals surface area contributed by atoms with Crippen molar-refractivity contribution in [2.45, 2.75) is 71.9 Å². The average molecular weight is 618 g/mol. The zero-order valence-electron chi connectivity index (χ0n) is 25.0. The second kappa shape index (κ2) is 12.5. The van der Waals surface area contributed by atoms with E-state index in [1.54, 1.807) is 40.8 Å². The molecule has 1 aliphatic heterocycles. The van der Waals surface area contributed by atoms with E-state index < -0.39 is 29.3 Å². The van der Waals surface area contributed by atoms with Gasteiger partial charge in [0.2, 0.25) is 0 Å². The summed E-state index contributed by atoms with van der Waals surface area (Å²) in [6, 6.07) is 6.32. The first kappa shape index (κ1) is 31.7. The Labute approximate surface area is 255 Å². The quantitative estimate of drug-likeness (QED) is 0.233.